The van der Waals surface area contributed by atoms with Gasteiger partial charge in [-0.15, -0.1) is 11.3 Å². The third-order valence-corrected chi connectivity index (χ3v) is 10.4. The Hall–Kier alpha value is -4.38. The zero-order chi connectivity index (χ0) is 31.1. The van der Waals surface area contributed by atoms with Gasteiger partial charge in [0.25, 0.3) is 5.91 Å². The van der Waals surface area contributed by atoms with Crippen LogP contribution in [0.2, 0.25) is 0 Å². The van der Waals surface area contributed by atoms with E-state index in [0.29, 0.717) is 75.7 Å². The summed E-state index contributed by atoms with van der Waals surface area (Å²) in [6.45, 7) is 6.04. The minimum atomic E-state index is -0.525. The third kappa shape index (κ3) is 5.43. The van der Waals surface area contributed by atoms with Crippen LogP contribution in [0.3, 0.4) is 0 Å². The second-order valence-corrected chi connectivity index (χ2v) is 13.2. The summed E-state index contributed by atoms with van der Waals surface area (Å²) in [6.07, 6.45) is 1.44. The predicted octanol–water partition coefficient (Wildman–Crippen LogP) is 4.48. The van der Waals surface area contributed by atoms with Crippen LogP contribution in [-0.4, -0.2) is 78.6 Å². The number of carbonyl (C=O) groups is 3. The van der Waals surface area contributed by atoms with Crippen molar-refractivity contribution in [2.75, 3.05) is 45.9 Å². The average molecular weight is 629 g/mol. The van der Waals surface area contributed by atoms with E-state index < -0.39 is 5.41 Å². The number of hydrogen-bond acceptors (Lipinski definition) is 8. The van der Waals surface area contributed by atoms with Crippen molar-refractivity contribution in [3.8, 4) is 11.5 Å². The number of carbonyl (C=O) groups excluding carboxylic acids is 3. The van der Waals surface area contributed by atoms with Crippen LogP contribution in [0.1, 0.15) is 51.7 Å². The Kier molecular flexibility index (Phi) is 7.72. The number of aromatic nitrogens is 1. The lowest BCUT2D eigenvalue weighted by atomic mass is 9.73. The Labute approximate surface area is 265 Å². The van der Waals surface area contributed by atoms with E-state index >= 15 is 0 Å². The van der Waals surface area contributed by atoms with Gasteiger partial charge in [-0.1, -0.05) is 35.5 Å². The Balaban J connectivity index is 1.14. The smallest absolute Gasteiger partial charge is 0.255 e. The van der Waals surface area contributed by atoms with Crippen molar-refractivity contribution in [3.05, 3.63) is 76.0 Å². The molecule has 11 heteroatoms. The number of nitrogens with one attached hydrogen (secondary N) is 1. The van der Waals surface area contributed by atoms with Gasteiger partial charge in [-0.05, 0) is 38.8 Å². The number of ether oxygens (including phenoxy) is 2. The number of rotatable bonds is 4. The molecule has 2 aromatic carbocycles. The molecule has 4 aliphatic rings. The van der Waals surface area contributed by atoms with Crippen LogP contribution in [-0.2, 0) is 16.0 Å². The Morgan fingerprint density at radius 3 is 2.82 bits per heavy atom. The van der Waals surface area contributed by atoms with Crippen LogP contribution in [0, 0.1) is 19.3 Å². The minimum absolute atomic E-state index is 0.0433. The molecule has 45 heavy (non-hydrogen) atoms. The maximum absolute atomic E-state index is 13.8. The number of thiophene rings is 1. The van der Waals surface area contributed by atoms with Crippen LogP contribution in [0.4, 0.5) is 0 Å². The van der Waals surface area contributed by atoms with E-state index in [2.05, 4.69) is 10.5 Å². The van der Waals surface area contributed by atoms with E-state index in [1.54, 1.807) is 4.90 Å². The molecule has 234 valence electrons. The van der Waals surface area contributed by atoms with Crippen molar-refractivity contribution in [1.29, 1.82) is 0 Å². The summed E-state index contributed by atoms with van der Waals surface area (Å²) < 4.78 is 18.9. The lowest BCUT2D eigenvalue weighted by molar-refractivity contribution is -0.130. The maximum Gasteiger partial charge on any atom is 0.255 e. The molecule has 0 saturated carbocycles. The number of nitrogens with zero attached hydrogens (tertiary/aromatic N) is 3. The molecule has 1 N–H and O–H groups in total. The number of aryl methyl sites for hydroxylation is 2. The highest BCUT2D eigenvalue weighted by molar-refractivity contribution is 7.17. The van der Waals surface area contributed by atoms with Crippen LogP contribution in [0.25, 0.3) is 10.1 Å². The number of benzene rings is 2. The van der Waals surface area contributed by atoms with Gasteiger partial charge in [-0.3, -0.25) is 14.4 Å². The Morgan fingerprint density at radius 1 is 1.11 bits per heavy atom. The molecule has 1 saturated heterocycles. The summed E-state index contributed by atoms with van der Waals surface area (Å²) in [5.41, 5.74) is 2.85. The molecule has 6 heterocycles. The van der Waals surface area contributed by atoms with E-state index in [-0.39, 0.29) is 30.2 Å². The highest BCUT2D eigenvalue weighted by Crippen LogP contribution is 2.52. The number of amides is 3. The van der Waals surface area contributed by atoms with E-state index in [9.17, 15) is 14.4 Å². The molecule has 2 atom stereocenters. The highest BCUT2D eigenvalue weighted by atomic mass is 32.1. The van der Waals surface area contributed by atoms with Crippen molar-refractivity contribution < 1.29 is 28.4 Å². The van der Waals surface area contributed by atoms with Crippen LogP contribution < -0.4 is 14.8 Å². The lowest BCUT2D eigenvalue weighted by Gasteiger charge is -2.40. The fraction of sp³-hybridized carbons (Fsp3) is 0.412. The van der Waals surface area contributed by atoms with Crippen LogP contribution in [0.5, 0.6) is 11.5 Å². The summed E-state index contributed by atoms with van der Waals surface area (Å²) >= 11 is 1.52. The van der Waals surface area contributed by atoms with E-state index in [0.717, 1.165) is 32.7 Å². The number of likely N-dealkylation sites (tertiary alicyclic amines) is 1. The summed E-state index contributed by atoms with van der Waals surface area (Å²) in [5.74, 6) is 1.68. The molecule has 0 radical (unpaired) electrons. The molecule has 3 amide bonds. The van der Waals surface area contributed by atoms with Crippen molar-refractivity contribution in [2.24, 2.45) is 5.41 Å². The van der Waals surface area contributed by atoms with Crippen molar-refractivity contribution in [3.63, 3.8) is 0 Å². The number of para-hydroxylation sites is 1. The first-order valence-corrected chi connectivity index (χ1v) is 16.3. The molecule has 10 nitrogen and oxygen atoms in total. The zero-order valence-corrected chi connectivity index (χ0v) is 26.3. The van der Waals surface area contributed by atoms with Gasteiger partial charge >= 0.3 is 0 Å². The number of fused-ring (bicyclic) bond motifs is 10. The van der Waals surface area contributed by atoms with Gasteiger partial charge in [0.1, 0.15) is 5.76 Å². The minimum Gasteiger partial charge on any atom is -0.490 e. The summed E-state index contributed by atoms with van der Waals surface area (Å²) in [5, 5.41) is 9.92. The van der Waals surface area contributed by atoms with E-state index in [1.807, 2.05) is 66.6 Å². The average Bonchev–Trinajstić information content (AvgIpc) is 3.75. The Morgan fingerprint density at radius 2 is 1.98 bits per heavy atom. The fourth-order valence-corrected chi connectivity index (χ4v) is 7.95. The molecular weight excluding hydrogens is 592 g/mol. The zero-order valence-electron chi connectivity index (χ0n) is 25.5. The predicted molar refractivity (Wildman–Crippen MR) is 169 cm³/mol. The second-order valence-electron chi connectivity index (χ2n) is 12.3. The van der Waals surface area contributed by atoms with Gasteiger partial charge in [0.2, 0.25) is 11.8 Å². The van der Waals surface area contributed by atoms with E-state index in [4.69, 9.17) is 14.0 Å². The molecule has 0 unspecified atom stereocenters. The molecule has 4 bridgehead atoms. The molecule has 2 aromatic heterocycles. The van der Waals surface area contributed by atoms with E-state index in [1.165, 1.54) is 11.3 Å². The van der Waals surface area contributed by atoms with Crippen molar-refractivity contribution >= 4 is 39.1 Å². The van der Waals surface area contributed by atoms with Crippen LogP contribution in [0.15, 0.2) is 52.4 Å². The number of hydrogen-bond donors (Lipinski definition) is 1. The van der Waals surface area contributed by atoms with Gasteiger partial charge in [0.15, 0.2) is 11.5 Å². The molecule has 4 aliphatic heterocycles. The van der Waals surface area contributed by atoms with Crippen molar-refractivity contribution in [1.82, 2.24) is 20.3 Å². The van der Waals surface area contributed by atoms with Gasteiger partial charge in [-0.2, -0.15) is 0 Å². The molecule has 8 rings (SSSR count). The molecular formula is C34H36N4O6S. The summed E-state index contributed by atoms with van der Waals surface area (Å²) in [4.78, 5) is 44.3. The summed E-state index contributed by atoms with van der Waals surface area (Å²) in [7, 11) is 0. The first-order chi connectivity index (χ1) is 21.8. The SMILES string of the molecule is Cc1noc(C)c1CCC(=O)N1C[C@H]2c3cccc4c3OC[C@@]2(CNC(=O)CN(C(=O)c2csc3ccccc23)CCCO4)C1. The third-order valence-electron chi connectivity index (χ3n) is 9.46. The topological polar surface area (TPSA) is 114 Å². The molecule has 0 aliphatic carbocycles. The molecule has 1 fully saturated rings. The van der Waals surface area contributed by atoms with Gasteiger partial charge in [0, 0.05) is 70.5 Å². The van der Waals surface area contributed by atoms with Gasteiger partial charge in [-0.25, -0.2) is 0 Å². The highest BCUT2D eigenvalue weighted by Gasteiger charge is 2.53. The van der Waals surface area contributed by atoms with Crippen LogP contribution >= 0.6 is 11.3 Å². The molecule has 1 spiro atoms. The fourth-order valence-electron chi connectivity index (χ4n) is 7.01. The second kappa shape index (κ2) is 11.8. The van der Waals surface area contributed by atoms with Gasteiger partial charge in [0.05, 0.1) is 31.0 Å². The quantitative estimate of drug-likeness (QED) is 0.355. The van der Waals surface area contributed by atoms with Crippen molar-refractivity contribution in [2.45, 2.75) is 39.0 Å². The normalized spacial score (nSPS) is 21.6. The first-order valence-electron chi connectivity index (χ1n) is 15.4. The Bertz CT molecular complexity index is 1760. The van der Waals surface area contributed by atoms with Gasteiger partial charge < -0.3 is 29.1 Å². The largest absolute Gasteiger partial charge is 0.490 e. The standard InChI is InChI=1S/C34H36N4O6S/c1-21-23(22(2)44-36-21)11-12-31(40)38-15-27-25-8-5-9-28-32(25)43-20-34(27,19-38)18-35-30(39)16-37(13-6-14-42-28)33(41)26-17-45-29-10-4-3-7-24(26)29/h3-5,7-10,17,27H,6,11-16,18-20H2,1-2H3,(H,35,39)/t27-,34+/m0/s1. The first kappa shape index (κ1) is 29.3. The molecule has 4 aromatic rings. The monoisotopic (exact) mass is 628 g/mol. The maximum atomic E-state index is 13.8. The lowest BCUT2D eigenvalue weighted by Crippen LogP contribution is -2.50. The summed E-state index contributed by atoms with van der Waals surface area (Å²) in [6, 6.07) is 13.7.